The van der Waals surface area contributed by atoms with Crippen LogP contribution in [-0.2, 0) is 4.79 Å². The second-order valence-electron chi connectivity index (χ2n) is 7.13. The minimum absolute atomic E-state index is 0.356. The molecule has 0 N–H and O–H groups in total. The van der Waals surface area contributed by atoms with Gasteiger partial charge in [0.2, 0.25) is 0 Å². The van der Waals surface area contributed by atoms with Crippen LogP contribution in [0.25, 0.3) is 0 Å². The average molecular weight is 338 g/mol. The molecule has 1 aromatic rings. The second kappa shape index (κ2) is 9.41. The van der Waals surface area contributed by atoms with Crippen molar-refractivity contribution in [3.8, 4) is 5.75 Å². The maximum atomic E-state index is 12.1. The molecule has 0 atom stereocenters. The fraction of sp³-hybridized carbons (Fsp3) is 0.435. The summed E-state index contributed by atoms with van der Waals surface area (Å²) in [4.78, 5) is 12.1. The highest BCUT2D eigenvalue weighted by Gasteiger charge is 2.19. The van der Waals surface area contributed by atoms with Gasteiger partial charge in [-0.25, -0.2) is 4.79 Å². The van der Waals surface area contributed by atoms with Gasteiger partial charge in [-0.3, -0.25) is 0 Å². The molecule has 0 saturated heterocycles. The van der Waals surface area contributed by atoms with E-state index >= 15 is 0 Å². The highest BCUT2D eigenvalue weighted by molar-refractivity contribution is 5.92. The zero-order chi connectivity index (χ0) is 18.2. The molecule has 0 aliphatic heterocycles. The predicted molar refractivity (Wildman–Crippen MR) is 105 cm³/mol. The van der Waals surface area contributed by atoms with E-state index in [9.17, 15) is 4.79 Å². The molecule has 0 heterocycles. The van der Waals surface area contributed by atoms with Crippen LogP contribution in [0.1, 0.15) is 64.4 Å². The van der Waals surface area contributed by atoms with E-state index in [0.29, 0.717) is 17.2 Å². The van der Waals surface area contributed by atoms with E-state index in [0.717, 1.165) is 17.9 Å². The molecule has 1 aromatic carbocycles. The van der Waals surface area contributed by atoms with Gasteiger partial charge < -0.3 is 4.74 Å². The summed E-state index contributed by atoms with van der Waals surface area (Å²) < 4.78 is 5.42. The van der Waals surface area contributed by atoms with E-state index in [4.69, 9.17) is 4.74 Å². The number of rotatable bonds is 6. The first-order valence-corrected chi connectivity index (χ1v) is 9.35. The molecule has 0 radical (unpaired) electrons. The molecule has 1 aliphatic rings. The van der Waals surface area contributed by atoms with Crippen LogP contribution < -0.4 is 4.74 Å². The Kier molecular flexibility index (Phi) is 7.24. The maximum absolute atomic E-state index is 12.1. The summed E-state index contributed by atoms with van der Waals surface area (Å²) in [6, 6.07) is 7.97. The highest BCUT2D eigenvalue weighted by Crippen LogP contribution is 2.35. The first-order chi connectivity index (χ1) is 12.0. The highest BCUT2D eigenvalue weighted by atomic mass is 16.5. The molecular weight excluding hydrogens is 308 g/mol. The van der Waals surface area contributed by atoms with Gasteiger partial charge in [-0.2, -0.15) is 0 Å². The summed E-state index contributed by atoms with van der Waals surface area (Å²) in [6.45, 7) is 10.2. The van der Waals surface area contributed by atoms with E-state index < -0.39 is 5.97 Å². The molecule has 0 spiro atoms. The first-order valence-electron chi connectivity index (χ1n) is 9.35. The van der Waals surface area contributed by atoms with Crippen molar-refractivity contribution in [2.45, 2.75) is 58.8 Å². The largest absolute Gasteiger partial charge is 0.423 e. The van der Waals surface area contributed by atoms with Gasteiger partial charge in [0.05, 0.1) is 5.57 Å². The number of hydrogen-bond acceptors (Lipinski definition) is 2. The summed E-state index contributed by atoms with van der Waals surface area (Å²) in [7, 11) is 0. The van der Waals surface area contributed by atoms with Crippen molar-refractivity contribution in [1.29, 1.82) is 0 Å². The van der Waals surface area contributed by atoms with Crippen molar-refractivity contribution in [1.82, 2.24) is 0 Å². The number of carbonyl (C=O) groups is 1. The normalized spacial score (nSPS) is 21.3. The Morgan fingerprint density at radius 3 is 2.40 bits per heavy atom. The van der Waals surface area contributed by atoms with E-state index in [1.165, 1.54) is 31.2 Å². The zero-order valence-corrected chi connectivity index (χ0v) is 15.8. The van der Waals surface area contributed by atoms with Gasteiger partial charge in [0.1, 0.15) is 5.75 Å². The van der Waals surface area contributed by atoms with Crippen molar-refractivity contribution in [2.75, 3.05) is 0 Å². The molecule has 1 aliphatic carbocycles. The molecule has 25 heavy (non-hydrogen) atoms. The van der Waals surface area contributed by atoms with Crippen molar-refractivity contribution in [2.24, 2.45) is 5.92 Å². The van der Waals surface area contributed by atoms with Gasteiger partial charge >= 0.3 is 5.97 Å². The third-order valence-corrected chi connectivity index (χ3v) is 4.91. The lowest BCUT2D eigenvalue weighted by molar-refractivity contribution is -0.129. The summed E-state index contributed by atoms with van der Waals surface area (Å²) >= 11 is 0. The minimum atomic E-state index is -0.403. The number of esters is 1. The molecule has 1 saturated carbocycles. The Bertz CT molecular complexity index is 641. The third-order valence-electron chi connectivity index (χ3n) is 4.91. The molecule has 2 heteroatoms. The van der Waals surface area contributed by atoms with E-state index in [1.54, 1.807) is 6.08 Å². The lowest BCUT2D eigenvalue weighted by Crippen LogP contribution is -2.11. The fourth-order valence-electron chi connectivity index (χ4n) is 3.26. The van der Waals surface area contributed by atoms with Gasteiger partial charge in [0.15, 0.2) is 0 Å². The van der Waals surface area contributed by atoms with Gasteiger partial charge in [-0.15, -0.1) is 0 Å². The average Bonchev–Trinajstić information content (AvgIpc) is 2.61. The van der Waals surface area contributed by atoms with Crippen LogP contribution in [0.15, 0.2) is 60.2 Å². The molecular formula is C23H30O2. The van der Waals surface area contributed by atoms with E-state index in [-0.39, 0.29) is 0 Å². The zero-order valence-electron chi connectivity index (χ0n) is 15.8. The Morgan fingerprint density at radius 1 is 1.16 bits per heavy atom. The molecule has 0 bridgehead atoms. The lowest BCUT2D eigenvalue weighted by atomic mass is 9.79. The van der Waals surface area contributed by atoms with Crippen molar-refractivity contribution < 1.29 is 9.53 Å². The quantitative estimate of drug-likeness (QED) is 0.261. The minimum Gasteiger partial charge on any atom is -0.423 e. The molecule has 2 rings (SSSR count). The molecule has 0 unspecified atom stereocenters. The van der Waals surface area contributed by atoms with Crippen LogP contribution in [0, 0.1) is 5.92 Å². The van der Waals surface area contributed by atoms with Gasteiger partial charge in [-0.1, -0.05) is 63.1 Å². The van der Waals surface area contributed by atoms with Gasteiger partial charge in [0.25, 0.3) is 0 Å². The number of ether oxygens (including phenoxy) is 1. The molecule has 0 aromatic heterocycles. The topological polar surface area (TPSA) is 26.3 Å². The number of hydrogen-bond donors (Lipinski definition) is 0. The molecule has 2 nitrogen and oxygen atoms in total. The fourth-order valence-corrected chi connectivity index (χ4v) is 3.26. The van der Waals surface area contributed by atoms with Crippen LogP contribution in [-0.4, -0.2) is 5.97 Å². The van der Waals surface area contributed by atoms with Crippen LogP contribution in [0.2, 0.25) is 0 Å². The Hall–Kier alpha value is -2.09. The van der Waals surface area contributed by atoms with E-state index in [1.807, 2.05) is 25.1 Å². The van der Waals surface area contributed by atoms with Crippen molar-refractivity contribution >= 4 is 5.97 Å². The Balaban J connectivity index is 1.91. The predicted octanol–water partition coefficient (Wildman–Crippen LogP) is 6.35. The lowest BCUT2D eigenvalue weighted by Gasteiger charge is -2.26. The molecule has 134 valence electrons. The maximum Gasteiger partial charge on any atom is 0.342 e. The summed E-state index contributed by atoms with van der Waals surface area (Å²) in [5, 5.41) is 0. The van der Waals surface area contributed by atoms with Gasteiger partial charge in [-0.05, 0) is 61.8 Å². The standard InChI is InChI=1S/C23H30O2/c1-5-6-17(2)7-10-19(4)23(24)25-22-15-13-21(14-16-22)20-11-8-18(3)9-12-20/h6-7,10,13-16,18,20H,4-5,8-9,11-12H2,1-3H3/b10-7-,17-6-. The smallest absolute Gasteiger partial charge is 0.342 e. The van der Waals surface area contributed by atoms with E-state index in [2.05, 4.69) is 38.6 Å². The van der Waals surface area contributed by atoms with Crippen LogP contribution in [0.5, 0.6) is 5.75 Å². The van der Waals surface area contributed by atoms with Crippen molar-refractivity contribution in [3.63, 3.8) is 0 Å². The molecule has 1 fully saturated rings. The monoisotopic (exact) mass is 338 g/mol. The van der Waals surface area contributed by atoms with Crippen molar-refractivity contribution in [3.05, 3.63) is 65.8 Å². The molecule has 0 amide bonds. The van der Waals surface area contributed by atoms with Crippen LogP contribution in [0.4, 0.5) is 0 Å². The second-order valence-corrected chi connectivity index (χ2v) is 7.13. The SMILES string of the molecule is C=C(/C=C\C(C)=C/CC)C(=O)Oc1ccc(C2CCC(C)CC2)cc1. The summed E-state index contributed by atoms with van der Waals surface area (Å²) in [6.07, 6.45) is 11.8. The number of carbonyl (C=O) groups excluding carboxylic acids is 1. The summed E-state index contributed by atoms with van der Waals surface area (Å²) in [5.41, 5.74) is 2.82. The number of allylic oxidation sites excluding steroid dienone is 3. The van der Waals surface area contributed by atoms with Crippen LogP contribution in [0.3, 0.4) is 0 Å². The van der Waals surface area contributed by atoms with Crippen LogP contribution >= 0.6 is 0 Å². The third kappa shape index (κ3) is 6.04. The summed E-state index contributed by atoms with van der Waals surface area (Å²) in [5.74, 6) is 1.67. The Morgan fingerprint density at radius 2 is 1.80 bits per heavy atom. The van der Waals surface area contributed by atoms with Gasteiger partial charge in [0, 0.05) is 0 Å². The Labute approximate surface area is 152 Å². The number of benzene rings is 1. The first kappa shape index (κ1) is 19.2.